The highest BCUT2D eigenvalue weighted by Gasteiger charge is 2.21. The molecule has 0 fully saturated rings. The van der Waals surface area contributed by atoms with Gasteiger partial charge in [-0.05, 0) is 62.6 Å². The number of methoxy groups -OCH3 is 1. The zero-order valence-corrected chi connectivity index (χ0v) is 16.0. The molecule has 0 amide bonds. The van der Waals surface area contributed by atoms with Gasteiger partial charge in [0, 0.05) is 22.9 Å². The van der Waals surface area contributed by atoms with Crippen molar-refractivity contribution in [2.75, 3.05) is 12.4 Å². The number of halogens is 2. The van der Waals surface area contributed by atoms with E-state index in [0.717, 1.165) is 18.9 Å². The molecule has 6 heteroatoms. The van der Waals surface area contributed by atoms with Crippen LogP contribution in [0.4, 0.5) is 14.5 Å². The summed E-state index contributed by atoms with van der Waals surface area (Å²) in [6.45, 7) is 6.90. The summed E-state index contributed by atoms with van der Waals surface area (Å²) in [5, 5.41) is 12.3. The normalized spacial score (nSPS) is 11.6. The number of rotatable bonds is 6. The average Bonchev–Trinajstić information content (AvgIpc) is 2.61. The minimum absolute atomic E-state index is 0.0216. The molecule has 0 saturated heterocycles. The van der Waals surface area contributed by atoms with Gasteiger partial charge in [0.15, 0.2) is 0 Å². The first-order valence-corrected chi connectivity index (χ1v) is 8.51. The molecule has 0 radical (unpaired) electrons. The molecule has 2 N–H and O–H groups in total. The van der Waals surface area contributed by atoms with Gasteiger partial charge in [-0.3, -0.25) is 0 Å². The Morgan fingerprint density at radius 3 is 2.19 bits per heavy atom. The molecule has 144 valence electrons. The van der Waals surface area contributed by atoms with Crippen LogP contribution in [0.1, 0.15) is 30.5 Å². The molecule has 0 aliphatic carbocycles. The van der Waals surface area contributed by atoms with Gasteiger partial charge in [-0.25, -0.2) is 13.6 Å². The van der Waals surface area contributed by atoms with E-state index in [2.05, 4.69) is 5.32 Å². The number of hydrogen-bond donors (Lipinski definition) is 2. The first kappa shape index (κ1) is 20.4. The fraction of sp³-hybridized carbons (Fsp3) is 0.286. The van der Waals surface area contributed by atoms with Crippen LogP contribution in [0.5, 0.6) is 0 Å². The molecule has 2 aromatic carbocycles. The maximum absolute atomic E-state index is 15.1. The molecule has 2 rings (SSSR count). The third kappa shape index (κ3) is 4.27. The first-order chi connectivity index (χ1) is 12.7. The number of carboxylic acid groups (broad SMARTS) is 1. The summed E-state index contributed by atoms with van der Waals surface area (Å²) in [5.74, 6) is -3.09. The van der Waals surface area contributed by atoms with Gasteiger partial charge < -0.3 is 15.2 Å². The van der Waals surface area contributed by atoms with Gasteiger partial charge in [-0.15, -0.1) is 0 Å². The molecular formula is C21H23F2NO3. The number of aliphatic carboxylic acids is 1. The molecule has 0 saturated carbocycles. The van der Waals surface area contributed by atoms with Crippen LogP contribution < -0.4 is 5.32 Å². The Bertz CT molecular complexity index is 858. The minimum atomic E-state index is -1.35. The number of carbonyl (C=O) groups is 1. The van der Waals surface area contributed by atoms with Crippen molar-refractivity contribution >= 4 is 17.7 Å². The second-order valence-corrected chi connectivity index (χ2v) is 6.56. The fourth-order valence-electron chi connectivity index (χ4n) is 2.87. The van der Waals surface area contributed by atoms with E-state index >= 15 is 4.39 Å². The van der Waals surface area contributed by atoms with Gasteiger partial charge in [0.25, 0.3) is 0 Å². The highest BCUT2D eigenvalue weighted by molar-refractivity contribution is 5.90. The maximum Gasteiger partial charge on any atom is 0.371 e. The van der Waals surface area contributed by atoms with E-state index in [1.165, 1.54) is 13.8 Å². The molecule has 0 heterocycles. The second kappa shape index (κ2) is 8.20. The van der Waals surface area contributed by atoms with Gasteiger partial charge in [-0.1, -0.05) is 12.1 Å². The number of ether oxygens (including phenoxy) is 1. The van der Waals surface area contributed by atoms with Gasteiger partial charge in [0.05, 0.1) is 7.11 Å². The lowest BCUT2D eigenvalue weighted by atomic mass is 9.92. The van der Waals surface area contributed by atoms with E-state index in [-0.39, 0.29) is 28.3 Å². The van der Waals surface area contributed by atoms with Crippen molar-refractivity contribution in [1.82, 2.24) is 0 Å². The van der Waals surface area contributed by atoms with Gasteiger partial charge >= 0.3 is 5.97 Å². The molecular weight excluding hydrogens is 352 g/mol. The number of anilines is 1. The van der Waals surface area contributed by atoms with Crippen LogP contribution in [0.3, 0.4) is 0 Å². The molecule has 0 atom stereocenters. The summed E-state index contributed by atoms with van der Waals surface area (Å²) in [6.07, 6.45) is 1.00. The largest absolute Gasteiger partial charge is 0.490 e. The van der Waals surface area contributed by atoms with Gasteiger partial charge in [-0.2, -0.15) is 0 Å². The number of carboxylic acids is 1. The highest BCUT2D eigenvalue weighted by Crippen LogP contribution is 2.34. The van der Waals surface area contributed by atoms with E-state index in [1.807, 2.05) is 26.0 Å². The lowest BCUT2D eigenvalue weighted by Gasteiger charge is -2.16. The van der Waals surface area contributed by atoms with Crippen molar-refractivity contribution in [1.29, 1.82) is 0 Å². The molecule has 0 bridgehead atoms. The van der Waals surface area contributed by atoms with Crippen LogP contribution in [0.15, 0.2) is 30.0 Å². The van der Waals surface area contributed by atoms with Crippen molar-refractivity contribution in [3.8, 4) is 11.1 Å². The summed E-state index contributed by atoms with van der Waals surface area (Å²) < 4.78 is 34.7. The lowest BCUT2D eigenvalue weighted by molar-refractivity contribution is -0.135. The summed E-state index contributed by atoms with van der Waals surface area (Å²) in [6, 6.07) is 7.32. The Kier molecular flexibility index (Phi) is 6.20. The zero-order valence-electron chi connectivity index (χ0n) is 16.0. The third-order valence-corrected chi connectivity index (χ3v) is 4.23. The van der Waals surface area contributed by atoms with E-state index in [0.29, 0.717) is 5.56 Å². The fourth-order valence-corrected chi connectivity index (χ4v) is 2.87. The zero-order chi connectivity index (χ0) is 20.3. The van der Waals surface area contributed by atoms with Crippen LogP contribution in [0.25, 0.3) is 17.2 Å². The minimum Gasteiger partial charge on any atom is -0.490 e. The van der Waals surface area contributed by atoms with Crippen molar-refractivity contribution < 1.29 is 23.4 Å². The van der Waals surface area contributed by atoms with Gasteiger partial charge in [0.1, 0.15) is 11.6 Å². The lowest BCUT2D eigenvalue weighted by Crippen LogP contribution is -2.09. The quantitative estimate of drug-likeness (QED) is 0.542. The topological polar surface area (TPSA) is 58.6 Å². The van der Waals surface area contributed by atoms with E-state index in [4.69, 9.17) is 9.84 Å². The van der Waals surface area contributed by atoms with Gasteiger partial charge in [0.2, 0.25) is 5.76 Å². The molecule has 0 aliphatic heterocycles. The SMILES string of the molecule is COC(=Cc1c(C)c(F)c(-c2ccc(NC(C)C)cc2)c(C)c1F)C(=O)O. The standard InChI is InChI=1S/C21H23F2NO3/c1-11(2)24-15-8-6-14(7-9-15)18-13(4)19(22)16(12(3)20(18)23)10-17(27-5)21(25)26/h6-11,24H,1-5H3,(H,25,26). The molecule has 0 aromatic heterocycles. The summed E-state index contributed by atoms with van der Waals surface area (Å²) in [7, 11) is 1.16. The Morgan fingerprint density at radius 2 is 1.70 bits per heavy atom. The molecule has 0 unspecified atom stereocenters. The smallest absolute Gasteiger partial charge is 0.371 e. The van der Waals surface area contributed by atoms with Crippen molar-refractivity contribution in [3.05, 3.63) is 58.3 Å². The Morgan fingerprint density at radius 1 is 1.11 bits per heavy atom. The van der Waals surface area contributed by atoms with Crippen LogP contribution in [-0.4, -0.2) is 24.2 Å². The van der Waals surface area contributed by atoms with Crippen molar-refractivity contribution in [2.45, 2.75) is 33.7 Å². The Labute approximate surface area is 157 Å². The van der Waals surface area contributed by atoms with E-state index < -0.39 is 23.4 Å². The monoisotopic (exact) mass is 375 g/mol. The Hall–Kier alpha value is -2.89. The molecule has 0 spiro atoms. The van der Waals surface area contributed by atoms with Crippen LogP contribution in [0, 0.1) is 25.5 Å². The predicted molar refractivity (Wildman–Crippen MR) is 103 cm³/mol. The number of hydrogen-bond acceptors (Lipinski definition) is 3. The predicted octanol–water partition coefficient (Wildman–Crippen LogP) is 5.14. The van der Waals surface area contributed by atoms with Crippen LogP contribution in [-0.2, 0) is 9.53 Å². The Balaban J connectivity index is 2.59. The molecule has 0 aliphatic rings. The van der Waals surface area contributed by atoms with E-state index in [9.17, 15) is 9.18 Å². The summed E-state index contributed by atoms with van der Waals surface area (Å²) >= 11 is 0. The molecule has 4 nitrogen and oxygen atoms in total. The van der Waals surface area contributed by atoms with Crippen LogP contribution >= 0.6 is 0 Å². The molecule has 27 heavy (non-hydrogen) atoms. The summed E-state index contributed by atoms with van der Waals surface area (Å²) in [5.41, 5.74) is 1.58. The van der Waals surface area contributed by atoms with Crippen LogP contribution in [0.2, 0.25) is 0 Å². The number of nitrogens with one attached hydrogen (secondary N) is 1. The average molecular weight is 375 g/mol. The van der Waals surface area contributed by atoms with E-state index in [1.54, 1.807) is 12.1 Å². The third-order valence-electron chi connectivity index (χ3n) is 4.23. The molecule has 2 aromatic rings. The number of benzene rings is 2. The first-order valence-electron chi connectivity index (χ1n) is 8.51. The van der Waals surface area contributed by atoms with Crippen molar-refractivity contribution in [2.24, 2.45) is 0 Å². The summed E-state index contributed by atoms with van der Waals surface area (Å²) in [4.78, 5) is 11.1. The second-order valence-electron chi connectivity index (χ2n) is 6.56. The van der Waals surface area contributed by atoms with Crippen molar-refractivity contribution in [3.63, 3.8) is 0 Å². The maximum atomic E-state index is 15.1. The highest BCUT2D eigenvalue weighted by atomic mass is 19.1.